The lowest BCUT2D eigenvalue weighted by atomic mass is 10.2. The number of aromatic nitrogens is 1. The second-order valence-corrected chi connectivity index (χ2v) is 11.2. The Labute approximate surface area is 144 Å². The molecular formula is C20H23NO2Si. The molecule has 3 nitrogen and oxygen atoms in total. The van der Waals surface area contributed by atoms with Gasteiger partial charge in [-0.25, -0.2) is 4.98 Å². The van der Waals surface area contributed by atoms with Crippen LogP contribution in [0.5, 0.6) is 0 Å². The van der Waals surface area contributed by atoms with Crippen molar-refractivity contribution in [3.8, 4) is 0 Å². The van der Waals surface area contributed by atoms with Crippen LogP contribution in [0.25, 0.3) is 0 Å². The van der Waals surface area contributed by atoms with Gasteiger partial charge >= 0.3 is 0 Å². The van der Waals surface area contributed by atoms with Crippen LogP contribution >= 0.6 is 0 Å². The van der Waals surface area contributed by atoms with Crippen LogP contribution in [0, 0.1) is 0 Å². The van der Waals surface area contributed by atoms with Gasteiger partial charge in [-0.3, -0.25) is 0 Å². The van der Waals surface area contributed by atoms with Crippen molar-refractivity contribution < 1.29 is 8.84 Å². The Morgan fingerprint density at radius 2 is 1.46 bits per heavy atom. The van der Waals surface area contributed by atoms with Crippen LogP contribution in [0.1, 0.15) is 26.5 Å². The molecule has 0 radical (unpaired) electrons. The maximum atomic E-state index is 6.73. The second-order valence-electron chi connectivity index (χ2n) is 6.93. The van der Waals surface area contributed by atoms with E-state index in [4.69, 9.17) is 8.84 Å². The lowest BCUT2D eigenvalue weighted by molar-refractivity contribution is 0.281. The molecule has 3 aromatic rings. The van der Waals surface area contributed by atoms with Gasteiger partial charge in [-0.2, -0.15) is 0 Å². The first kappa shape index (κ1) is 16.7. The quantitative estimate of drug-likeness (QED) is 0.665. The molecule has 124 valence electrons. The van der Waals surface area contributed by atoms with Gasteiger partial charge < -0.3 is 8.84 Å². The third-order valence-corrected chi connectivity index (χ3v) is 9.32. The summed E-state index contributed by atoms with van der Waals surface area (Å²) in [4.78, 5) is 4.22. The fraction of sp³-hybridized carbons (Fsp3) is 0.250. The molecule has 2 aromatic carbocycles. The molecule has 3 rings (SSSR count). The summed E-state index contributed by atoms with van der Waals surface area (Å²) in [6, 6.07) is 21.2. The highest BCUT2D eigenvalue weighted by molar-refractivity contribution is 6.99. The average Bonchev–Trinajstić information content (AvgIpc) is 3.10. The van der Waals surface area contributed by atoms with Crippen LogP contribution in [-0.4, -0.2) is 13.3 Å². The highest BCUT2D eigenvalue weighted by Crippen LogP contribution is 2.37. The van der Waals surface area contributed by atoms with Crippen molar-refractivity contribution in [2.45, 2.75) is 32.4 Å². The van der Waals surface area contributed by atoms with E-state index in [1.165, 1.54) is 16.8 Å². The summed E-state index contributed by atoms with van der Waals surface area (Å²) < 4.78 is 11.8. The van der Waals surface area contributed by atoms with Crippen molar-refractivity contribution in [1.29, 1.82) is 0 Å². The minimum atomic E-state index is -2.49. The van der Waals surface area contributed by atoms with Crippen molar-refractivity contribution in [2.24, 2.45) is 0 Å². The molecule has 0 amide bonds. The largest absolute Gasteiger partial charge is 0.451 e. The normalized spacial score (nSPS) is 12.3. The van der Waals surface area contributed by atoms with E-state index in [0.717, 1.165) is 5.69 Å². The Balaban J connectivity index is 2.13. The molecule has 0 atom stereocenters. The molecule has 1 heterocycles. The molecule has 4 heteroatoms. The zero-order valence-corrected chi connectivity index (χ0v) is 15.4. The predicted octanol–water partition coefficient (Wildman–Crippen LogP) is 3.75. The Hall–Kier alpha value is -2.17. The van der Waals surface area contributed by atoms with Gasteiger partial charge in [-0.1, -0.05) is 81.4 Å². The third-order valence-electron chi connectivity index (χ3n) is 4.34. The molecule has 0 aliphatic carbocycles. The van der Waals surface area contributed by atoms with E-state index in [1.807, 2.05) is 12.1 Å². The second kappa shape index (κ2) is 6.75. The predicted molar refractivity (Wildman–Crippen MR) is 98.9 cm³/mol. The molecule has 1 aromatic heterocycles. The summed E-state index contributed by atoms with van der Waals surface area (Å²) in [5.41, 5.74) is 0.822. The number of nitrogens with zero attached hydrogens (tertiary/aromatic N) is 1. The van der Waals surface area contributed by atoms with E-state index in [0.29, 0.717) is 6.61 Å². The van der Waals surface area contributed by atoms with E-state index >= 15 is 0 Å². The minimum Gasteiger partial charge on any atom is -0.451 e. The minimum absolute atomic E-state index is 0.0283. The maximum absolute atomic E-state index is 6.73. The van der Waals surface area contributed by atoms with Gasteiger partial charge in [-0.05, 0) is 15.4 Å². The summed E-state index contributed by atoms with van der Waals surface area (Å²) in [6.07, 6.45) is 3.10. The Kier molecular flexibility index (Phi) is 4.69. The average molecular weight is 337 g/mol. The first-order valence-corrected chi connectivity index (χ1v) is 10.1. The van der Waals surface area contributed by atoms with E-state index < -0.39 is 8.32 Å². The summed E-state index contributed by atoms with van der Waals surface area (Å²) in [7, 11) is -2.49. The Morgan fingerprint density at radius 3 is 1.88 bits per heavy atom. The topological polar surface area (TPSA) is 35.3 Å². The summed E-state index contributed by atoms with van der Waals surface area (Å²) in [5, 5.41) is 2.51. The Bertz CT molecular complexity index is 710. The van der Waals surface area contributed by atoms with Crippen LogP contribution in [0.2, 0.25) is 5.04 Å². The van der Waals surface area contributed by atoms with Gasteiger partial charge in [0, 0.05) is 0 Å². The summed E-state index contributed by atoms with van der Waals surface area (Å²) in [6.45, 7) is 7.25. The van der Waals surface area contributed by atoms with Crippen LogP contribution in [0.15, 0.2) is 77.7 Å². The van der Waals surface area contributed by atoms with Crippen LogP contribution in [0.3, 0.4) is 0 Å². The molecule has 24 heavy (non-hydrogen) atoms. The summed E-state index contributed by atoms with van der Waals surface area (Å²) in [5.74, 6) is 0. The molecule has 0 saturated heterocycles. The van der Waals surface area contributed by atoms with Crippen molar-refractivity contribution >= 4 is 18.7 Å². The van der Waals surface area contributed by atoms with Gasteiger partial charge in [0.05, 0.1) is 6.61 Å². The molecule has 0 N–H and O–H groups in total. The van der Waals surface area contributed by atoms with Crippen LogP contribution in [-0.2, 0) is 11.0 Å². The lowest BCUT2D eigenvalue weighted by Gasteiger charge is -2.42. The van der Waals surface area contributed by atoms with Gasteiger partial charge in [-0.15, -0.1) is 0 Å². The monoisotopic (exact) mass is 337 g/mol. The van der Waals surface area contributed by atoms with E-state index in [-0.39, 0.29) is 5.04 Å². The lowest BCUT2D eigenvalue weighted by Crippen LogP contribution is -2.66. The molecule has 0 saturated carbocycles. The third kappa shape index (κ3) is 3.07. The van der Waals surface area contributed by atoms with Crippen molar-refractivity contribution in [1.82, 2.24) is 4.98 Å². The van der Waals surface area contributed by atoms with E-state index in [9.17, 15) is 0 Å². The van der Waals surface area contributed by atoms with E-state index in [2.05, 4.69) is 74.3 Å². The SMILES string of the molecule is CC(C)(C)[Si](OCc1cocn1)(c1ccccc1)c1ccccc1. The highest BCUT2D eigenvalue weighted by atomic mass is 28.4. The first-order valence-electron chi connectivity index (χ1n) is 8.16. The maximum Gasteiger partial charge on any atom is 0.261 e. The van der Waals surface area contributed by atoms with Crippen molar-refractivity contribution in [3.05, 3.63) is 79.0 Å². The standard InChI is InChI=1S/C20H23NO2Si/c1-20(2,3)24(18-10-6-4-7-11-18,19-12-8-5-9-13-19)23-15-17-14-22-16-21-17/h4-14,16H,15H2,1-3H3. The summed E-state index contributed by atoms with van der Waals surface area (Å²) >= 11 is 0. The van der Waals surface area contributed by atoms with Gasteiger partial charge in [0.2, 0.25) is 0 Å². The molecule has 0 bridgehead atoms. The molecule has 0 unspecified atom stereocenters. The van der Waals surface area contributed by atoms with Crippen molar-refractivity contribution in [3.63, 3.8) is 0 Å². The number of hydrogen-bond donors (Lipinski definition) is 0. The van der Waals surface area contributed by atoms with Gasteiger partial charge in [0.15, 0.2) is 6.39 Å². The van der Waals surface area contributed by atoms with Crippen molar-refractivity contribution in [2.75, 3.05) is 0 Å². The van der Waals surface area contributed by atoms with Crippen LogP contribution in [0.4, 0.5) is 0 Å². The zero-order chi connectivity index (χ0) is 17.0. The van der Waals surface area contributed by atoms with Gasteiger partial charge in [0.25, 0.3) is 8.32 Å². The first-order chi connectivity index (χ1) is 11.5. The number of rotatable bonds is 5. The molecule has 0 spiro atoms. The number of oxazole rings is 1. The highest BCUT2D eigenvalue weighted by Gasteiger charge is 2.50. The molecule has 0 fully saturated rings. The molecule has 0 aliphatic heterocycles. The number of benzene rings is 2. The smallest absolute Gasteiger partial charge is 0.261 e. The fourth-order valence-electron chi connectivity index (χ4n) is 3.25. The van der Waals surface area contributed by atoms with E-state index in [1.54, 1.807) is 6.26 Å². The zero-order valence-electron chi connectivity index (χ0n) is 14.4. The molecular weight excluding hydrogens is 314 g/mol. The fourth-order valence-corrected chi connectivity index (χ4v) is 7.77. The van der Waals surface area contributed by atoms with Gasteiger partial charge in [0.1, 0.15) is 12.0 Å². The molecule has 0 aliphatic rings. The van der Waals surface area contributed by atoms with Crippen LogP contribution < -0.4 is 10.4 Å². The number of hydrogen-bond acceptors (Lipinski definition) is 3. The Morgan fingerprint density at radius 1 is 0.917 bits per heavy atom.